The van der Waals surface area contributed by atoms with Crippen molar-refractivity contribution in [3.8, 4) is 11.5 Å². The smallest absolute Gasteiger partial charge is 0.344 e. The molecule has 6 heteroatoms. The third-order valence-corrected chi connectivity index (χ3v) is 4.93. The van der Waals surface area contributed by atoms with Gasteiger partial charge < -0.3 is 19.5 Å². The van der Waals surface area contributed by atoms with Gasteiger partial charge in [0, 0.05) is 5.69 Å². The lowest BCUT2D eigenvalue weighted by atomic mass is 9.97. The molecule has 0 aromatic heterocycles. The molecule has 0 aliphatic rings. The topological polar surface area (TPSA) is 73.9 Å². The summed E-state index contributed by atoms with van der Waals surface area (Å²) in [4.78, 5) is 24.7. The molecule has 31 heavy (non-hydrogen) atoms. The maximum absolute atomic E-state index is 12.5. The molecule has 2 aromatic rings. The summed E-state index contributed by atoms with van der Waals surface area (Å²) >= 11 is 0. The first-order chi connectivity index (χ1) is 14.9. The van der Waals surface area contributed by atoms with Crippen LogP contribution in [0.15, 0.2) is 48.5 Å². The molecule has 0 heterocycles. The fourth-order valence-corrected chi connectivity index (χ4v) is 3.02. The highest BCUT2D eigenvalue weighted by Crippen LogP contribution is 2.29. The number of benzene rings is 2. The van der Waals surface area contributed by atoms with Gasteiger partial charge in [-0.15, -0.1) is 0 Å². The average molecular weight is 426 g/mol. The summed E-state index contributed by atoms with van der Waals surface area (Å²) in [7, 11) is 1.53. The van der Waals surface area contributed by atoms with Gasteiger partial charge in [-0.3, -0.25) is 4.79 Å². The number of para-hydroxylation sites is 1. The zero-order chi connectivity index (χ0) is 22.8. The highest BCUT2D eigenvalue weighted by Gasteiger charge is 2.20. The molecule has 0 aliphatic carbocycles. The number of amides is 1. The largest absolute Gasteiger partial charge is 0.493 e. The van der Waals surface area contributed by atoms with E-state index in [0.717, 1.165) is 23.2 Å². The monoisotopic (exact) mass is 425 g/mol. The minimum atomic E-state index is -0.958. The molecule has 6 nitrogen and oxygen atoms in total. The van der Waals surface area contributed by atoms with Crippen LogP contribution in [0.5, 0.6) is 11.5 Å². The van der Waals surface area contributed by atoms with Crippen molar-refractivity contribution in [3.05, 3.63) is 59.7 Å². The van der Waals surface area contributed by atoms with Crippen LogP contribution < -0.4 is 14.8 Å². The van der Waals surface area contributed by atoms with Crippen LogP contribution >= 0.6 is 0 Å². The number of rotatable bonds is 10. The van der Waals surface area contributed by atoms with Gasteiger partial charge in [-0.05, 0) is 55.5 Å². The Balaban J connectivity index is 1.94. The SMILES string of the molecule is C/C=C/c1ccc(OCC(=O)O[C@@H](C)C(=O)Nc2ccccc2[C@H](C)CC)c(OC)c1. The first kappa shape index (κ1) is 24.0. The molecule has 0 spiro atoms. The Bertz CT molecular complexity index is 922. The fourth-order valence-electron chi connectivity index (χ4n) is 3.02. The molecule has 2 rings (SSSR count). The molecule has 2 aromatic carbocycles. The van der Waals surface area contributed by atoms with Crippen LogP contribution in [0.2, 0.25) is 0 Å². The van der Waals surface area contributed by atoms with E-state index >= 15 is 0 Å². The molecule has 1 amide bonds. The summed E-state index contributed by atoms with van der Waals surface area (Å²) in [5, 5.41) is 2.86. The van der Waals surface area contributed by atoms with Crippen molar-refractivity contribution < 1.29 is 23.8 Å². The third-order valence-electron chi connectivity index (χ3n) is 4.93. The second kappa shape index (κ2) is 11.8. The van der Waals surface area contributed by atoms with Crippen molar-refractivity contribution in [1.29, 1.82) is 0 Å². The van der Waals surface area contributed by atoms with Gasteiger partial charge in [0.2, 0.25) is 0 Å². The van der Waals surface area contributed by atoms with Crippen molar-refractivity contribution in [2.75, 3.05) is 19.0 Å². The highest BCUT2D eigenvalue weighted by atomic mass is 16.6. The first-order valence-corrected chi connectivity index (χ1v) is 10.4. The van der Waals surface area contributed by atoms with E-state index in [1.165, 1.54) is 14.0 Å². The van der Waals surface area contributed by atoms with Crippen LogP contribution in [0.1, 0.15) is 51.2 Å². The lowest BCUT2D eigenvalue weighted by molar-refractivity contribution is -0.155. The van der Waals surface area contributed by atoms with Crippen LogP contribution in [0.4, 0.5) is 5.69 Å². The van der Waals surface area contributed by atoms with Crippen LogP contribution in [-0.2, 0) is 14.3 Å². The molecular formula is C25H31NO5. The summed E-state index contributed by atoms with van der Waals surface area (Å²) in [6.07, 6.45) is 3.84. The van der Waals surface area contributed by atoms with Crippen molar-refractivity contribution >= 4 is 23.6 Å². The van der Waals surface area contributed by atoms with Crippen molar-refractivity contribution in [3.63, 3.8) is 0 Å². The lowest BCUT2D eigenvalue weighted by Crippen LogP contribution is -2.32. The van der Waals surface area contributed by atoms with E-state index < -0.39 is 18.0 Å². The molecule has 0 bridgehead atoms. The normalized spacial score (nSPS) is 12.8. The van der Waals surface area contributed by atoms with Gasteiger partial charge in [-0.25, -0.2) is 4.79 Å². The molecular weight excluding hydrogens is 394 g/mol. The zero-order valence-electron chi connectivity index (χ0n) is 18.8. The summed E-state index contributed by atoms with van der Waals surface area (Å²) in [5.41, 5.74) is 2.73. The summed E-state index contributed by atoms with van der Waals surface area (Å²) in [5.74, 6) is 0.204. The number of allylic oxidation sites excluding steroid dienone is 1. The summed E-state index contributed by atoms with van der Waals surface area (Å²) < 4.78 is 16.1. The molecule has 1 N–H and O–H groups in total. The Hall–Kier alpha value is -3.28. The van der Waals surface area contributed by atoms with Gasteiger partial charge >= 0.3 is 5.97 Å². The Kier molecular flexibility index (Phi) is 9.13. The molecule has 0 fully saturated rings. The number of carbonyl (C=O) groups is 2. The number of hydrogen-bond donors (Lipinski definition) is 1. The Morgan fingerprint density at radius 2 is 1.84 bits per heavy atom. The second-order valence-electron chi connectivity index (χ2n) is 7.22. The van der Waals surface area contributed by atoms with E-state index in [-0.39, 0.29) is 6.61 Å². The van der Waals surface area contributed by atoms with Gasteiger partial charge in [0.15, 0.2) is 24.2 Å². The third kappa shape index (κ3) is 6.88. The van der Waals surface area contributed by atoms with Gasteiger partial charge in [0.1, 0.15) is 0 Å². The van der Waals surface area contributed by atoms with Crippen molar-refractivity contribution in [2.24, 2.45) is 0 Å². The Morgan fingerprint density at radius 3 is 2.52 bits per heavy atom. The average Bonchev–Trinajstić information content (AvgIpc) is 2.78. The maximum Gasteiger partial charge on any atom is 0.344 e. The van der Waals surface area contributed by atoms with Gasteiger partial charge in [0.25, 0.3) is 5.91 Å². The van der Waals surface area contributed by atoms with E-state index in [0.29, 0.717) is 17.4 Å². The van der Waals surface area contributed by atoms with E-state index in [2.05, 4.69) is 19.2 Å². The second-order valence-corrected chi connectivity index (χ2v) is 7.22. The lowest BCUT2D eigenvalue weighted by Gasteiger charge is -2.18. The number of ether oxygens (including phenoxy) is 3. The number of methoxy groups -OCH3 is 1. The molecule has 2 atom stereocenters. The minimum absolute atomic E-state index is 0.303. The van der Waals surface area contributed by atoms with Crippen LogP contribution in [0.3, 0.4) is 0 Å². The predicted octanol–water partition coefficient (Wildman–Crippen LogP) is 5.19. The van der Waals surface area contributed by atoms with Crippen LogP contribution in [0, 0.1) is 0 Å². The van der Waals surface area contributed by atoms with Crippen LogP contribution in [-0.4, -0.2) is 31.7 Å². The van der Waals surface area contributed by atoms with Crippen molar-refractivity contribution in [1.82, 2.24) is 0 Å². The molecule has 0 unspecified atom stereocenters. The van der Waals surface area contributed by atoms with Crippen LogP contribution in [0.25, 0.3) is 6.08 Å². The Morgan fingerprint density at radius 1 is 1.10 bits per heavy atom. The molecule has 0 saturated carbocycles. The quantitative estimate of drug-likeness (QED) is 0.530. The van der Waals surface area contributed by atoms with Gasteiger partial charge in [0.05, 0.1) is 7.11 Å². The van der Waals surface area contributed by atoms with E-state index in [1.807, 2.05) is 55.5 Å². The number of hydrogen-bond acceptors (Lipinski definition) is 5. The van der Waals surface area contributed by atoms with Crippen molar-refractivity contribution in [2.45, 2.75) is 46.1 Å². The summed E-state index contributed by atoms with van der Waals surface area (Å²) in [6.45, 7) is 7.32. The predicted molar refractivity (Wildman–Crippen MR) is 123 cm³/mol. The summed E-state index contributed by atoms with van der Waals surface area (Å²) in [6, 6.07) is 13.0. The molecule has 166 valence electrons. The number of nitrogens with one attached hydrogen (secondary N) is 1. The van der Waals surface area contributed by atoms with E-state index in [1.54, 1.807) is 6.07 Å². The number of anilines is 1. The number of esters is 1. The van der Waals surface area contributed by atoms with Gasteiger partial charge in [-0.1, -0.05) is 50.3 Å². The Labute approximate surface area is 184 Å². The van der Waals surface area contributed by atoms with E-state index in [9.17, 15) is 9.59 Å². The van der Waals surface area contributed by atoms with E-state index in [4.69, 9.17) is 14.2 Å². The van der Waals surface area contributed by atoms with Gasteiger partial charge in [-0.2, -0.15) is 0 Å². The molecule has 0 saturated heterocycles. The highest BCUT2D eigenvalue weighted by molar-refractivity contribution is 5.95. The fraction of sp³-hybridized carbons (Fsp3) is 0.360. The number of carbonyl (C=O) groups excluding carboxylic acids is 2. The standard InChI is InChI=1S/C25H31NO5/c1-6-10-19-13-14-22(23(15-19)29-5)30-16-24(27)31-18(4)25(28)26-21-12-9-8-11-20(21)17(3)7-2/h6,8-15,17-18H,7,16H2,1-5H3,(H,26,28)/b10-6+/t17-,18+/m1/s1. The zero-order valence-corrected chi connectivity index (χ0v) is 18.8. The minimum Gasteiger partial charge on any atom is -0.493 e. The molecule has 0 aliphatic heterocycles. The maximum atomic E-state index is 12.5. The molecule has 0 radical (unpaired) electrons. The first-order valence-electron chi connectivity index (χ1n) is 10.4.